The van der Waals surface area contributed by atoms with Crippen molar-refractivity contribution in [1.29, 1.82) is 0 Å². The Morgan fingerprint density at radius 3 is 2.36 bits per heavy atom. The topological polar surface area (TPSA) is 69.9 Å². The van der Waals surface area contributed by atoms with Crippen LogP contribution in [-0.2, 0) is 0 Å². The summed E-state index contributed by atoms with van der Waals surface area (Å²) in [6, 6.07) is 35.1. The molecule has 0 aliphatic heterocycles. The van der Waals surface area contributed by atoms with Crippen molar-refractivity contribution >= 4 is 32.9 Å². The average molecular weight is 505 g/mol. The van der Waals surface area contributed by atoms with Crippen molar-refractivity contribution in [2.45, 2.75) is 0 Å². The summed E-state index contributed by atoms with van der Waals surface area (Å²) in [6.45, 7) is 0. The highest BCUT2D eigenvalue weighted by Gasteiger charge is 2.16. The van der Waals surface area contributed by atoms with Gasteiger partial charge < -0.3 is 13.4 Å². The van der Waals surface area contributed by atoms with Crippen molar-refractivity contribution in [2.75, 3.05) is 0 Å². The molecule has 39 heavy (non-hydrogen) atoms. The van der Waals surface area contributed by atoms with E-state index in [1.165, 1.54) is 10.8 Å². The van der Waals surface area contributed by atoms with E-state index in [1.54, 1.807) is 12.5 Å². The summed E-state index contributed by atoms with van der Waals surface area (Å²) in [5.74, 6) is 1.12. The fourth-order valence-electron chi connectivity index (χ4n) is 5.27. The summed E-state index contributed by atoms with van der Waals surface area (Å²) in [5, 5.41) is 2.36. The third-order valence-electron chi connectivity index (χ3n) is 7.05. The lowest BCUT2D eigenvalue weighted by Crippen LogP contribution is -1.95. The molecule has 6 nitrogen and oxygen atoms in total. The third-order valence-corrected chi connectivity index (χ3v) is 7.05. The van der Waals surface area contributed by atoms with E-state index in [9.17, 15) is 0 Å². The number of pyridine rings is 1. The van der Waals surface area contributed by atoms with Crippen molar-refractivity contribution in [3.05, 3.63) is 122 Å². The zero-order valence-electron chi connectivity index (χ0n) is 20.7. The van der Waals surface area contributed by atoms with Gasteiger partial charge in [-0.2, -0.15) is 0 Å². The van der Waals surface area contributed by atoms with Crippen molar-refractivity contribution in [3.63, 3.8) is 0 Å². The van der Waals surface area contributed by atoms with Crippen molar-refractivity contribution in [3.8, 4) is 39.9 Å². The predicted molar refractivity (Wildman–Crippen MR) is 153 cm³/mol. The lowest BCUT2D eigenvalue weighted by Gasteiger charge is -2.10. The number of nitrogens with zero attached hydrogens (tertiary/aromatic N) is 4. The van der Waals surface area contributed by atoms with Crippen LogP contribution in [-0.4, -0.2) is 19.5 Å². The van der Waals surface area contributed by atoms with Gasteiger partial charge in [0.05, 0.1) is 22.9 Å². The quantitative estimate of drug-likeness (QED) is 0.241. The molecule has 0 amide bonds. The van der Waals surface area contributed by atoms with Crippen LogP contribution in [0.2, 0.25) is 0 Å². The highest BCUT2D eigenvalue weighted by atomic mass is 16.3. The standard InChI is InChI=1S/C33H20N4O2/c1-2-10-29-25(8-1)26-13-11-23(33-36-28-19-22(12-14-31(28)39-33)32-35-16-17-38-32)20-30(26)37(29)24-7-5-6-21(18-24)27-9-3-4-15-34-27/h1-20H. The van der Waals surface area contributed by atoms with E-state index in [0.717, 1.165) is 44.6 Å². The maximum Gasteiger partial charge on any atom is 0.227 e. The molecular formula is C33H20N4O2. The Morgan fingerprint density at radius 2 is 1.46 bits per heavy atom. The van der Waals surface area contributed by atoms with E-state index in [-0.39, 0.29) is 0 Å². The SMILES string of the molecule is c1ccc(-c2cccc(-n3c4ccccc4c4ccc(-c5nc6cc(-c7ncco7)ccc6o5)cc43)c2)nc1. The number of aromatic nitrogens is 4. The van der Waals surface area contributed by atoms with E-state index in [1.807, 2.05) is 42.6 Å². The van der Waals surface area contributed by atoms with Gasteiger partial charge in [-0.15, -0.1) is 0 Å². The first kappa shape index (κ1) is 21.6. The van der Waals surface area contributed by atoms with E-state index in [0.29, 0.717) is 17.4 Å². The first-order valence-corrected chi connectivity index (χ1v) is 12.7. The van der Waals surface area contributed by atoms with Gasteiger partial charge >= 0.3 is 0 Å². The van der Waals surface area contributed by atoms with Crippen LogP contribution in [0.4, 0.5) is 0 Å². The van der Waals surface area contributed by atoms with E-state index in [2.05, 4.69) is 81.3 Å². The Hall–Kier alpha value is -5.49. The molecule has 0 radical (unpaired) electrons. The summed E-state index contributed by atoms with van der Waals surface area (Å²) < 4.78 is 13.9. The fourth-order valence-corrected chi connectivity index (χ4v) is 5.27. The third kappa shape index (κ3) is 3.54. The summed E-state index contributed by atoms with van der Waals surface area (Å²) in [7, 11) is 0. The molecule has 4 heterocycles. The predicted octanol–water partition coefficient (Wildman–Crippen LogP) is 8.31. The van der Waals surface area contributed by atoms with E-state index in [4.69, 9.17) is 13.8 Å². The summed E-state index contributed by atoms with van der Waals surface area (Å²) in [5.41, 5.74) is 8.51. The fraction of sp³-hybridized carbons (Fsp3) is 0. The second kappa shape index (κ2) is 8.53. The molecule has 0 saturated heterocycles. The van der Waals surface area contributed by atoms with Crippen molar-refractivity contribution < 1.29 is 8.83 Å². The van der Waals surface area contributed by atoms with Crippen LogP contribution in [0.5, 0.6) is 0 Å². The Kier molecular flexibility index (Phi) is 4.72. The van der Waals surface area contributed by atoms with Gasteiger partial charge in [0.1, 0.15) is 11.8 Å². The number of hydrogen-bond donors (Lipinski definition) is 0. The van der Waals surface area contributed by atoms with Gasteiger partial charge in [-0.25, -0.2) is 9.97 Å². The Morgan fingerprint density at radius 1 is 0.590 bits per heavy atom. The summed E-state index contributed by atoms with van der Waals surface area (Å²) >= 11 is 0. The normalized spacial score (nSPS) is 11.6. The highest BCUT2D eigenvalue weighted by molar-refractivity contribution is 6.10. The molecule has 0 spiro atoms. The highest BCUT2D eigenvalue weighted by Crippen LogP contribution is 2.36. The van der Waals surface area contributed by atoms with E-state index < -0.39 is 0 Å². The molecule has 4 aromatic carbocycles. The molecule has 0 aliphatic carbocycles. The minimum absolute atomic E-state index is 0.556. The van der Waals surface area contributed by atoms with Gasteiger partial charge in [0.25, 0.3) is 0 Å². The smallest absolute Gasteiger partial charge is 0.227 e. The minimum atomic E-state index is 0.556. The first-order valence-electron chi connectivity index (χ1n) is 12.7. The maximum atomic E-state index is 6.19. The van der Waals surface area contributed by atoms with Crippen LogP contribution in [0.15, 0.2) is 131 Å². The first-order chi connectivity index (χ1) is 19.3. The van der Waals surface area contributed by atoms with Crippen LogP contribution in [0.1, 0.15) is 0 Å². The zero-order chi connectivity index (χ0) is 25.8. The Bertz CT molecular complexity index is 2120. The molecule has 8 aromatic rings. The van der Waals surface area contributed by atoms with Gasteiger partial charge in [-0.1, -0.05) is 42.5 Å². The zero-order valence-corrected chi connectivity index (χ0v) is 20.7. The number of benzene rings is 4. The van der Waals surface area contributed by atoms with Crippen LogP contribution in [0.25, 0.3) is 72.8 Å². The average Bonchev–Trinajstić information content (AvgIpc) is 3.75. The molecular weight excluding hydrogens is 484 g/mol. The lowest BCUT2D eigenvalue weighted by molar-refractivity contribution is 0.574. The molecule has 0 saturated carbocycles. The van der Waals surface area contributed by atoms with Gasteiger partial charge in [0.15, 0.2) is 5.58 Å². The van der Waals surface area contributed by atoms with Crippen LogP contribution < -0.4 is 0 Å². The van der Waals surface area contributed by atoms with Gasteiger partial charge in [-0.3, -0.25) is 4.98 Å². The Balaban J connectivity index is 1.31. The second-order valence-electron chi connectivity index (χ2n) is 9.39. The van der Waals surface area contributed by atoms with E-state index >= 15 is 0 Å². The molecule has 184 valence electrons. The summed E-state index contributed by atoms with van der Waals surface area (Å²) in [6.07, 6.45) is 5.02. The Labute approximate surface area is 222 Å². The molecule has 0 N–H and O–H groups in total. The van der Waals surface area contributed by atoms with Crippen LogP contribution >= 0.6 is 0 Å². The summed E-state index contributed by atoms with van der Waals surface area (Å²) in [4.78, 5) is 13.6. The monoisotopic (exact) mass is 504 g/mol. The number of fused-ring (bicyclic) bond motifs is 4. The second-order valence-corrected chi connectivity index (χ2v) is 9.39. The van der Waals surface area contributed by atoms with Gasteiger partial charge in [0, 0.05) is 39.3 Å². The van der Waals surface area contributed by atoms with Crippen molar-refractivity contribution in [2.24, 2.45) is 0 Å². The van der Waals surface area contributed by atoms with Crippen molar-refractivity contribution in [1.82, 2.24) is 19.5 Å². The molecule has 0 fully saturated rings. The molecule has 0 atom stereocenters. The molecule has 0 bridgehead atoms. The number of rotatable bonds is 4. The minimum Gasteiger partial charge on any atom is -0.445 e. The largest absolute Gasteiger partial charge is 0.445 e. The molecule has 8 rings (SSSR count). The van der Waals surface area contributed by atoms with Crippen LogP contribution in [0.3, 0.4) is 0 Å². The number of oxazole rings is 2. The molecule has 6 heteroatoms. The molecule has 4 aromatic heterocycles. The van der Waals surface area contributed by atoms with Crippen LogP contribution in [0, 0.1) is 0 Å². The number of para-hydroxylation sites is 1. The molecule has 0 unspecified atom stereocenters. The number of hydrogen-bond acceptors (Lipinski definition) is 5. The van der Waals surface area contributed by atoms with Gasteiger partial charge in [0.2, 0.25) is 11.8 Å². The van der Waals surface area contributed by atoms with Gasteiger partial charge in [-0.05, 0) is 60.7 Å². The lowest BCUT2D eigenvalue weighted by atomic mass is 10.1. The molecule has 0 aliphatic rings. The maximum absolute atomic E-state index is 6.19.